The van der Waals surface area contributed by atoms with Gasteiger partial charge in [-0.2, -0.15) is 4.73 Å². The average molecular weight is 1440 g/mol. The molecule has 0 aliphatic carbocycles. The van der Waals surface area contributed by atoms with Crippen molar-refractivity contribution in [3.63, 3.8) is 0 Å². The van der Waals surface area contributed by atoms with E-state index in [0.717, 1.165) is 56.7 Å². The minimum Gasteiger partial charge on any atom is -0.506 e. The predicted molar refractivity (Wildman–Crippen MR) is 350 cm³/mol. The number of aromatic hydroxyl groups is 1. The van der Waals surface area contributed by atoms with Crippen LogP contribution in [0.4, 0.5) is 0 Å². The monoisotopic (exact) mass is 1440 g/mol. The van der Waals surface area contributed by atoms with Crippen LogP contribution in [0.3, 0.4) is 0 Å². The van der Waals surface area contributed by atoms with Crippen LogP contribution in [0.1, 0.15) is 125 Å². The Labute approximate surface area is 574 Å². The maximum absolute atomic E-state index is 15.2. The zero-order valence-corrected chi connectivity index (χ0v) is 56.7. The molecule has 11 N–H and O–H groups in total. The van der Waals surface area contributed by atoms with Crippen molar-refractivity contribution in [1.29, 1.82) is 0 Å². The number of aliphatic hydroxyl groups excluding tert-OH is 1. The van der Waals surface area contributed by atoms with Gasteiger partial charge in [-0.15, -0.1) is 56.7 Å². The first kappa shape index (κ1) is 68.4. The minimum absolute atomic E-state index is 0.00915. The van der Waals surface area contributed by atoms with Crippen LogP contribution in [-0.2, 0) is 56.0 Å². The number of amides is 6. The summed E-state index contributed by atoms with van der Waals surface area (Å²) in [5.74, 6) is -8.28. The topological polar surface area (TPSA) is 445 Å². The van der Waals surface area contributed by atoms with Gasteiger partial charge < -0.3 is 86.2 Å². The third kappa shape index (κ3) is 13.4. The second kappa shape index (κ2) is 27.4. The molecular formula is C61H60N14O18S5. The number of benzene rings is 1. The summed E-state index contributed by atoms with van der Waals surface area (Å²) in [6.45, 7) is 7.68. The number of nitrogens with zero attached hydrogens (tertiary/aromatic N) is 8. The summed E-state index contributed by atoms with van der Waals surface area (Å²) >= 11 is 4.46. The summed E-state index contributed by atoms with van der Waals surface area (Å²) in [4.78, 5) is 144. The molecule has 1 saturated heterocycles. The third-order valence-electron chi connectivity index (χ3n) is 16.3. The molecule has 32 nitrogen and oxygen atoms in total. The molecule has 4 aliphatic heterocycles. The van der Waals surface area contributed by atoms with E-state index in [4.69, 9.17) is 49.1 Å². The van der Waals surface area contributed by atoms with E-state index in [0.29, 0.717) is 10.3 Å². The number of aliphatic hydroxyl groups is 2. The fourth-order valence-electron chi connectivity index (χ4n) is 11.7. The van der Waals surface area contributed by atoms with E-state index in [1.807, 2.05) is 0 Å². The summed E-state index contributed by atoms with van der Waals surface area (Å²) in [5.41, 5.74) is 2.00. The Morgan fingerprint density at radius 3 is 2.23 bits per heavy atom. The lowest BCUT2D eigenvalue weighted by atomic mass is 9.85. The molecule has 1 aromatic carbocycles. The van der Waals surface area contributed by atoms with Crippen molar-refractivity contribution in [2.75, 3.05) is 27.8 Å². The van der Waals surface area contributed by atoms with E-state index in [2.05, 4.69) is 48.1 Å². The highest BCUT2D eigenvalue weighted by atomic mass is 32.1. The smallest absolute Gasteiger partial charge is 0.358 e. The summed E-state index contributed by atoms with van der Waals surface area (Å²) in [6, 6.07) is 0.628. The number of primary amides is 1. The van der Waals surface area contributed by atoms with Crippen LogP contribution in [0, 0.1) is 0 Å². The number of aromatic nitrogens is 7. The molecule has 1 unspecified atom stereocenters. The SMILES string of the molecule is C=C(NC(=O)c1csc(-c2nc3c(cc2O)-c2nc(cs2)C(=O)N[C@@H]([C@@H](C)O)C(=O)N/C(=C(\C)OC)c2nc(cs2)C(=O)N[C@@H]2c4nc(cs4)C(=O)N[C@@H](COC(=O)c4c5c6c(cccc6n4O)COC(=O)C(O[C@H]4C[C@](C)(O)[C@H](N(C)C)[C@H](C)O4)[C@H]2OC5)c2nc-3cs2)n1)C(N)=O. The third-order valence-corrected chi connectivity index (χ3v) is 20.8. The average Bonchev–Trinajstić information content (AvgIpc) is 1.57. The second-order valence-corrected chi connectivity index (χ2v) is 27.7. The molecule has 4 aliphatic rings. The molecule has 10 atom stereocenters. The standard InChI is InChI=1S/C61H60N14O18S5/c1-22(48(62)78)63-49(79)31-19-97-57(68-31)42-36(77)12-27-41(70-42)30-17-95-55(65-30)29-16-91-59(84)44-28-15-89-45(46(93-37-13-61(5,86)47(74(6)7)25(4)92-37)60(85)90-14-26-10-9-11-35(38(26)28)75(44)87)43(58-69-32(20-98-58)50(80)64-29)73-52(82)34-21-96-56(67-34)40(24(3)88-8)72-53(83)39(23(2)76)71-51(81)33-18-94-54(27)66-33/h9-12,17-21,23,25,29,37,39,43,45-47,76-77,86-87H,1,13-16H2,2-8H3,(H2,62,78)(H,63,79)(H,64,80)(H,71,81)(H,72,83)(H,73,82)/b40-24+/t23-,25+,29+,37+,39+,43+,45+,46?,47-,61+/m1/s1. The fourth-order valence-corrected chi connectivity index (χ4v) is 15.9. The van der Waals surface area contributed by atoms with Crippen molar-refractivity contribution < 1.29 is 87.3 Å². The number of nitrogens with one attached hydrogen (secondary N) is 5. The summed E-state index contributed by atoms with van der Waals surface area (Å²) in [7, 11) is 4.83. The first-order valence-corrected chi connectivity index (χ1v) is 34.1. The van der Waals surface area contributed by atoms with Crippen molar-refractivity contribution in [1.82, 2.24) is 66.1 Å². The molecule has 12 rings (SSSR count). The largest absolute Gasteiger partial charge is 0.506 e. The maximum atomic E-state index is 15.2. The number of rotatable bonds is 9. The molecular weight excluding hydrogens is 1380 g/mol. The van der Waals surface area contributed by atoms with Crippen LogP contribution in [0.5, 0.6) is 5.75 Å². The van der Waals surface area contributed by atoms with Crippen LogP contribution in [0.2, 0.25) is 0 Å². The molecule has 98 heavy (non-hydrogen) atoms. The van der Waals surface area contributed by atoms with E-state index in [1.54, 1.807) is 45.0 Å². The van der Waals surface area contributed by atoms with Gasteiger partial charge in [0.1, 0.15) is 120 Å². The summed E-state index contributed by atoms with van der Waals surface area (Å²) in [5, 5.41) is 67.4. The number of cyclic esters (lactones) is 2. The van der Waals surface area contributed by atoms with Gasteiger partial charge in [0.15, 0.2) is 18.1 Å². The lowest BCUT2D eigenvalue weighted by Gasteiger charge is -2.48. The van der Waals surface area contributed by atoms with Gasteiger partial charge in [-0.25, -0.2) is 39.5 Å². The van der Waals surface area contributed by atoms with Crippen LogP contribution >= 0.6 is 56.7 Å². The van der Waals surface area contributed by atoms with Gasteiger partial charge in [0, 0.05) is 49.8 Å². The first-order valence-electron chi connectivity index (χ1n) is 29.7. The lowest BCUT2D eigenvalue weighted by molar-refractivity contribution is -0.280. The fraction of sp³-hybridized carbons (Fsp3) is 0.344. The van der Waals surface area contributed by atoms with Crippen LogP contribution < -0.4 is 32.3 Å². The number of likely N-dealkylation sites (N-methyl/N-ethyl adjacent to an activating group) is 1. The Hall–Kier alpha value is -9.54. The molecule has 0 spiro atoms. The Balaban J connectivity index is 1.04. The molecule has 7 aromatic heterocycles. The Kier molecular flexibility index (Phi) is 19.1. The van der Waals surface area contributed by atoms with Gasteiger partial charge >= 0.3 is 11.9 Å². The Morgan fingerprint density at radius 2 is 1.52 bits per heavy atom. The molecule has 8 aromatic rings. The number of thiazole rings is 5. The van der Waals surface area contributed by atoms with E-state index < -0.39 is 145 Å². The highest BCUT2D eigenvalue weighted by Crippen LogP contribution is 2.43. The number of hydrogen-bond acceptors (Lipinski definition) is 30. The van der Waals surface area contributed by atoms with Gasteiger partial charge in [0.2, 0.25) is 5.91 Å². The molecule has 0 saturated carbocycles. The van der Waals surface area contributed by atoms with Gasteiger partial charge in [-0.3, -0.25) is 28.8 Å². The summed E-state index contributed by atoms with van der Waals surface area (Å²) in [6.07, 6.45) is -7.56. The molecule has 1 fully saturated rings. The predicted octanol–water partition coefficient (Wildman–Crippen LogP) is 3.89. The lowest BCUT2D eigenvalue weighted by Crippen LogP contribution is -2.62. The number of carbonyl (C=O) groups excluding carboxylic acids is 8. The van der Waals surface area contributed by atoms with Crippen LogP contribution in [0.25, 0.3) is 49.3 Å². The number of methoxy groups -OCH3 is 1. The first-order chi connectivity index (χ1) is 46.7. The van der Waals surface area contributed by atoms with Crippen molar-refractivity contribution in [3.8, 4) is 38.4 Å². The normalized spacial score (nSPS) is 24.0. The zero-order chi connectivity index (χ0) is 69.9. The molecule has 12 bridgehead atoms. The van der Waals surface area contributed by atoms with E-state index >= 15 is 14.4 Å². The number of pyridine rings is 1. The van der Waals surface area contributed by atoms with Crippen LogP contribution in [0.15, 0.2) is 69.2 Å². The van der Waals surface area contributed by atoms with E-state index in [1.165, 1.54) is 60.0 Å². The van der Waals surface area contributed by atoms with E-state index in [-0.39, 0.29) is 105 Å². The number of nitrogens with two attached hydrogens (primary N) is 1. The van der Waals surface area contributed by atoms with Crippen molar-refractivity contribution >= 4 is 121 Å². The highest BCUT2D eigenvalue weighted by Gasteiger charge is 2.50. The van der Waals surface area contributed by atoms with Gasteiger partial charge in [-0.1, -0.05) is 18.7 Å². The van der Waals surface area contributed by atoms with Gasteiger partial charge in [0.05, 0.1) is 48.8 Å². The molecule has 6 amide bonds. The number of fused-ring (bicyclic) bond motifs is 15. The molecule has 11 heterocycles. The van der Waals surface area contributed by atoms with Crippen molar-refractivity contribution in [3.05, 3.63) is 124 Å². The number of esters is 2. The maximum Gasteiger partial charge on any atom is 0.358 e. The minimum atomic E-state index is -1.92. The molecule has 37 heteroatoms. The van der Waals surface area contributed by atoms with Gasteiger partial charge in [-0.05, 0) is 59.5 Å². The molecule has 512 valence electrons. The Bertz CT molecular complexity index is 4610. The quantitative estimate of drug-likeness (QED) is 0.0424. The van der Waals surface area contributed by atoms with Crippen molar-refractivity contribution in [2.24, 2.45) is 5.73 Å². The highest BCUT2D eigenvalue weighted by molar-refractivity contribution is 7.14. The number of hydrogen-bond donors (Lipinski definition) is 10. The Morgan fingerprint density at radius 1 is 0.857 bits per heavy atom. The zero-order valence-electron chi connectivity index (χ0n) is 52.6. The number of ether oxygens (including phenoxy) is 6. The van der Waals surface area contributed by atoms with Crippen LogP contribution in [-0.4, -0.2) is 184 Å². The summed E-state index contributed by atoms with van der Waals surface area (Å²) < 4.78 is 38.2. The number of allylic oxidation sites excluding steroid dienone is 1. The van der Waals surface area contributed by atoms with E-state index in [9.17, 15) is 44.5 Å². The molecule has 0 radical (unpaired) electrons. The van der Waals surface area contributed by atoms with Gasteiger partial charge in [0.25, 0.3) is 29.5 Å². The van der Waals surface area contributed by atoms with Crippen molar-refractivity contribution in [2.45, 2.75) is 108 Å². The number of carbonyl (C=O) groups is 8. The second-order valence-electron chi connectivity index (χ2n) is 23.3.